The van der Waals surface area contributed by atoms with Crippen molar-refractivity contribution < 1.29 is 14.0 Å². The van der Waals surface area contributed by atoms with Crippen molar-refractivity contribution in [3.63, 3.8) is 0 Å². The second-order valence-electron chi connectivity index (χ2n) is 11.0. The molecule has 0 aliphatic carbocycles. The first-order valence-corrected chi connectivity index (χ1v) is 14.2. The van der Waals surface area contributed by atoms with Crippen molar-refractivity contribution in [2.75, 3.05) is 17.2 Å². The van der Waals surface area contributed by atoms with Gasteiger partial charge in [0.25, 0.3) is 0 Å². The maximum atomic E-state index is 14.4. The molecule has 0 unspecified atom stereocenters. The van der Waals surface area contributed by atoms with E-state index in [1.165, 1.54) is 28.8 Å². The number of amides is 2. The summed E-state index contributed by atoms with van der Waals surface area (Å²) < 4.78 is 16.1. The normalized spacial score (nSPS) is 15.5. The number of aromatic nitrogens is 3. The fourth-order valence-corrected chi connectivity index (χ4v) is 6.05. The van der Waals surface area contributed by atoms with Gasteiger partial charge in [0.2, 0.25) is 11.8 Å². The first kappa shape index (κ1) is 27.6. The summed E-state index contributed by atoms with van der Waals surface area (Å²) in [7, 11) is 0. The topological polar surface area (TPSA) is 80.1 Å². The van der Waals surface area contributed by atoms with E-state index in [2.05, 4.69) is 43.2 Å². The molecule has 2 aromatic heterocycles. The van der Waals surface area contributed by atoms with Crippen LogP contribution < -0.4 is 10.2 Å². The van der Waals surface area contributed by atoms with Crippen LogP contribution in [0.2, 0.25) is 0 Å². The van der Waals surface area contributed by atoms with Gasteiger partial charge >= 0.3 is 0 Å². The maximum Gasteiger partial charge on any atom is 0.240 e. The van der Waals surface area contributed by atoms with Crippen LogP contribution in [0.25, 0.3) is 5.69 Å². The number of rotatable bonds is 6. The van der Waals surface area contributed by atoms with Crippen molar-refractivity contribution in [1.82, 2.24) is 20.1 Å². The summed E-state index contributed by atoms with van der Waals surface area (Å²) in [6.07, 6.45) is 3.36. The number of anilines is 1. The van der Waals surface area contributed by atoms with Crippen LogP contribution in [0.5, 0.6) is 0 Å². The van der Waals surface area contributed by atoms with Crippen molar-refractivity contribution >= 4 is 29.4 Å². The largest absolute Gasteiger partial charge is 0.350 e. The zero-order valence-corrected chi connectivity index (χ0v) is 23.8. The number of benzene rings is 2. The van der Waals surface area contributed by atoms with Crippen molar-refractivity contribution in [1.29, 1.82) is 0 Å². The highest BCUT2D eigenvalue weighted by Gasteiger charge is 2.40. The Bertz CT molecular complexity index is 1550. The summed E-state index contributed by atoms with van der Waals surface area (Å²) in [5, 5.41) is 7.70. The van der Waals surface area contributed by atoms with Crippen LogP contribution in [0.3, 0.4) is 0 Å². The van der Waals surface area contributed by atoms with Gasteiger partial charge < -0.3 is 5.32 Å². The minimum Gasteiger partial charge on any atom is -0.350 e. The van der Waals surface area contributed by atoms with E-state index in [9.17, 15) is 14.0 Å². The van der Waals surface area contributed by atoms with Gasteiger partial charge in [0, 0.05) is 29.9 Å². The van der Waals surface area contributed by atoms with E-state index in [1.807, 2.05) is 25.1 Å². The SMILES string of the molecule is Cc1cccc([C@H]2SCC(=O)N(CC(=O)NCc3cccnc3)c3c2c(C(C)(C)C)nn3-c2cccc(F)c2)c1. The third kappa shape index (κ3) is 5.79. The highest BCUT2D eigenvalue weighted by atomic mass is 32.2. The standard InChI is InChI=1S/C31H32FN5O2S/c1-20-8-5-10-22(14-20)28-27-29(31(2,3)4)35-37(24-12-6-11-23(32)15-24)30(27)36(26(39)19-40-28)18-25(38)34-17-21-9-7-13-33-16-21/h5-16,28H,17-19H2,1-4H3,(H,34,38)/t28-/m1/s1. The number of pyridine rings is 1. The van der Waals surface area contributed by atoms with Crippen LogP contribution in [0.15, 0.2) is 73.1 Å². The number of thioether (sulfide) groups is 1. The minimum absolute atomic E-state index is 0.176. The molecule has 0 saturated carbocycles. The van der Waals surface area contributed by atoms with Crippen LogP contribution in [0, 0.1) is 12.7 Å². The predicted octanol–water partition coefficient (Wildman–Crippen LogP) is 5.50. The third-order valence-electron chi connectivity index (χ3n) is 6.71. The van der Waals surface area contributed by atoms with Crippen LogP contribution >= 0.6 is 11.8 Å². The average Bonchev–Trinajstić information content (AvgIpc) is 3.26. The molecule has 0 radical (unpaired) electrons. The molecule has 2 amide bonds. The first-order chi connectivity index (χ1) is 19.1. The molecular weight excluding hydrogens is 525 g/mol. The minimum atomic E-state index is -0.413. The molecule has 9 heteroatoms. The van der Waals surface area contributed by atoms with Gasteiger partial charge in [0.05, 0.1) is 22.4 Å². The maximum absolute atomic E-state index is 14.4. The molecule has 0 bridgehead atoms. The van der Waals surface area contributed by atoms with Crippen molar-refractivity contribution in [2.45, 2.75) is 44.9 Å². The van der Waals surface area contributed by atoms with Crippen LogP contribution in [0.1, 0.15) is 54.0 Å². The lowest BCUT2D eigenvalue weighted by Gasteiger charge is -2.24. The molecule has 7 nitrogen and oxygen atoms in total. The van der Waals surface area contributed by atoms with Crippen molar-refractivity contribution in [3.05, 3.63) is 107 Å². The summed E-state index contributed by atoms with van der Waals surface area (Å²) in [6.45, 7) is 8.34. The van der Waals surface area contributed by atoms with Gasteiger partial charge in [-0.2, -0.15) is 5.10 Å². The predicted molar refractivity (Wildman–Crippen MR) is 156 cm³/mol. The number of aryl methyl sites for hydroxylation is 1. The second kappa shape index (κ2) is 11.3. The van der Waals surface area contributed by atoms with Crippen LogP contribution in [-0.2, 0) is 21.5 Å². The highest BCUT2D eigenvalue weighted by molar-refractivity contribution is 8.00. The number of nitrogens with one attached hydrogen (secondary N) is 1. The summed E-state index contributed by atoms with van der Waals surface area (Å²) >= 11 is 1.52. The molecule has 0 saturated heterocycles. The van der Waals surface area contributed by atoms with E-state index in [0.717, 1.165) is 27.9 Å². The Morgan fingerprint density at radius 3 is 2.62 bits per heavy atom. The number of hydrogen-bond acceptors (Lipinski definition) is 5. The average molecular weight is 558 g/mol. The molecule has 1 aliphatic rings. The number of halogens is 1. The van der Waals surface area contributed by atoms with E-state index in [1.54, 1.807) is 35.3 Å². The fourth-order valence-electron chi connectivity index (χ4n) is 4.86. The number of fused-ring (bicyclic) bond motifs is 1. The van der Waals surface area contributed by atoms with Crippen molar-refractivity contribution in [2.24, 2.45) is 0 Å². The molecule has 2 aromatic carbocycles. The van der Waals surface area contributed by atoms with Gasteiger partial charge in [-0.1, -0.05) is 62.7 Å². The van der Waals surface area contributed by atoms with Gasteiger partial charge in [0.15, 0.2) is 0 Å². The number of hydrogen-bond donors (Lipinski definition) is 1. The smallest absolute Gasteiger partial charge is 0.240 e. The molecule has 1 N–H and O–H groups in total. The quantitative estimate of drug-likeness (QED) is 0.339. The molecule has 206 valence electrons. The Hall–Kier alpha value is -3.98. The first-order valence-electron chi connectivity index (χ1n) is 13.2. The van der Waals surface area contributed by atoms with Crippen molar-refractivity contribution in [3.8, 4) is 5.69 Å². The number of nitrogens with zero attached hydrogens (tertiary/aromatic N) is 4. The molecule has 0 spiro atoms. The van der Waals surface area contributed by atoms with E-state index in [4.69, 9.17) is 5.10 Å². The lowest BCUT2D eigenvalue weighted by molar-refractivity contribution is -0.123. The fraction of sp³-hybridized carbons (Fsp3) is 0.290. The van der Waals surface area contributed by atoms with E-state index in [0.29, 0.717) is 18.1 Å². The lowest BCUT2D eigenvalue weighted by Crippen LogP contribution is -2.42. The zero-order valence-electron chi connectivity index (χ0n) is 23.0. The molecular formula is C31H32FN5O2S. The summed E-state index contributed by atoms with van der Waals surface area (Å²) in [4.78, 5) is 32.6. The van der Waals surface area contributed by atoms with Gasteiger partial charge in [0.1, 0.15) is 18.2 Å². The number of carbonyl (C=O) groups is 2. The highest BCUT2D eigenvalue weighted by Crippen LogP contribution is 2.48. The summed E-state index contributed by atoms with van der Waals surface area (Å²) in [6, 6.07) is 18.0. The lowest BCUT2D eigenvalue weighted by atomic mass is 9.87. The molecule has 1 atom stereocenters. The summed E-state index contributed by atoms with van der Waals surface area (Å²) in [5.74, 6) is -0.268. The van der Waals surface area contributed by atoms with Crippen LogP contribution in [-0.4, -0.2) is 38.9 Å². The molecule has 5 rings (SSSR count). The third-order valence-corrected chi connectivity index (χ3v) is 7.97. The Kier molecular flexibility index (Phi) is 7.76. The molecule has 1 aliphatic heterocycles. The van der Waals surface area contributed by atoms with Gasteiger partial charge in [-0.3, -0.25) is 19.5 Å². The Morgan fingerprint density at radius 2 is 1.93 bits per heavy atom. The van der Waals surface area contributed by atoms with Gasteiger partial charge in [-0.25, -0.2) is 9.07 Å². The Morgan fingerprint density at radius 1 is 1.12 bits per heavy atom. The van der Waals surface area contributed by atoms with E-state index in [-0.39, 0.29) is 29.4 Å². The molecule has 0 fully saturated rings. The molecule has 40 heavy (non-hydrogen) atoms. The van der Waals surface area contributed by atoms with E-state index >= 15 is 0 Å². The van der Waals surface area contributed by atoms with Crippen LogP contribution in [0.4, 0.5) is 10.2 Å². The van der Waals surface area contributed by atoms with Gasteiger partial charge in [-0.15, -0.1) is 11.8 Å². The molecule has 4 aromatic rings. The molecule has 3 heterocycles. The van der Waals surface area contributed by atoms with E-state index < -0.39 is 11.2 Å². The number of carbonyl (C=O) groups excluding carboxylic acids is 2. The zero-order chi connectivity index (χ0) is 28.4. The second-order valence-corrected chi connectivity index (χ2v) is 12.0. The summed E-state index contributed by atoms with van der Waals surface area (Å²) in [5.41, 5.74) is 4.75. The monoisotopic (exact) mass is 557 g/mol. The van der Waals surface area contributed by atoms with Gasteiger partial charge in [-0.05, 0) is 42.3 Å². The Balaban J connectivity index is 1.66. The Labute approximate surface area is 237 Å².